The number of benzene rings is 1. The standard InChI is InChI=1S/C38H49N7O5/c1-6-18-44(34(47)24-49-4)23-32-39-20-30(42-32)25-10-12-27(13-11-25)37(2)16-14-26(15-17-37)31-21-40-35(43-31)38(3)28-8-7-9-29(19-28)45(38)33(46)22-41-36(48)50-5/h10-16,20-21,28-29H,6-9,17-19,22-24H2,1-5H3,(H,39,42)(H,40,43)(H,41,48)/t28-,29?,37?,38-/m0/s1. The van der Waals surface area contributed by atoms with Crippen molar-refractivity contribution in [3.63, 3.8) is 0 Å². The highest BCUT2D eigenvalue weighted by molar-refractivity contribution is 5.83. The molecule has 2 fully saturated rings. The number of imidazole rings is 2. The largest absolute Gasteiger partial charge is 0.453 e. The molecule has 3 heterocycles. The molecule has 4 atom stereocenters. The van der Waals surface area contributed by atoms with Crippen LogP contribution in [0.4, 0.5) is 4.79 Å². The Morgan fingerprint density at radius 2 is 1.84 bits per heavy atom. The molecule has 266 valence electrons. The van der Waals surface area contributed by atoms with E-state index in [9.17, 15) is 14.4 Å². The molecule has 2 unspecified atom stereocenters. The molecule has 12 nitrogen and oxygen atoms in total. The second-order valence-corrected chi connectivity index (χ2v) is 14.1. The number of allylic oxidation sites excluding steroid dienone is 4. The molecule has 12 heteroatoms. The lowest BCUT2D eigenvalue weighted by Gasteiger charge is -2.38. The molecule has 3 aliphatic rings. The molecule has 50 heavy (non-hydrogen) atoms. The van der Waals surface area contributed by atoms with E-state index in [1.807, 2.05) is 24.2 Å². The van der Waals surface area contributed by atoms with E-state index in [1.54, 1.807) is 4.90 Å². The van der Waals surface area contributed by atoms with Crippen molar-refractivity contribution in [2.24, 2.45) is 5.92 Å². The molecule has 1 aliphatic heterocycles. The van der Waals surface area contributed by atoms with Gasteiger partial charge >= 0.3 is 6.09 Å². The van der Waals surface area contributed by atoms with Gasteiger partial charge in [-0.1, -0.05) is 62.8 Å². The molecule has 2 aromatic heterocycles. The molecule has 6 rings (SSSR count). The number of alkyl carbamates (subject to hydrolysis) is 1. The van der Waals surface area contributed by atoms with Crippen LogP contribution in [0, 0.1) is 5.92 Å². The molecule has 2 aliphatic carbocycles. The Bertz CT molecular complexity index is 1760. The van der Waals surface area contributed by atoms with Gasteiger partial charge in [-0.15, -0.1) is 0 Å². The van der Waals surface area contributed by atoms with Crippen molar-refractivity contribution in [1.82, 2.24) is 35.1 Å². The molecule has 1 saturated heterocycles. The highest BCUT2D eigenvalue weighted by Gasteiger charge is 2.56. The quantitative estimate of drug-likeness (QED) is 0.230. The number of fused-ring (bicyclic) bond motifs is 2. The summed E-state index contributed by atoms with van der Waals surface area (Å²) in [5.41, 5.74) is 4.36. The summed E-state index contributed by atoms with van der Waals surface area (Å²) >= 11 is 0. The van der Waals surface area contributed by atoms with E-state index < -0.39 is 11.6 Å². The van der Waals surface area contributed by atoms with E-state index >= 15 is 0 Å². The Morgan fingerprint density at radius 1 is 1.06 bits per heavy atom. The fourth-order valence-corrected chi connectivity index (χ4v) is 8.01. The molecule has 3 amide bonds. The topological polar surface area (TPSA) is 146 Å². The Morgan fingerprint density at radius 3 is 2.54 bits per heavy atom. The summed E-state index contributed by atoms with van der Waals surface area (Å²) < 4.78 is 9.73. The van der Waals surface area contributed by atoms with Crippen molar-refractivity contribution in [2.75, 3.05) is 33.9 Å². The molecular formula is C38H49N7O5. The number of carbonyl (C=O) groups excluding carboxylic acids is 3. The highest BCUT2D eigenvalue weighted by Crippen LogP contribution is 2.52. The zero-order chi connectivity index (χ0) is 35.5. The van der Waals surface area contributed by atoms with Gasteiger partial charge in [-0.2, -0.15) is 0 Å². The molecule has 1 saturated carbocycles. The van der Waals surface area contributed by atoms with Crippen LogP contribution in [-0.2, 0) is 36.6 Å². The first-order valence-electron chi connectivity index (χ1n) is 17.6. The van der Waals surface area contributed by atoms with Crippen LogP contribution in [0.3, 0.4) is 0 Å². The number of rotatable bonds is 12. The lowest BCUT2D eigenvalue weighted by molar-refractivity contribution is -0.137. The number of aromatic nitrogens is 4. The van der Waals surface area contributed by atoms with E-state index in [-0.39, 0.29) is 36.4 Å². The van der Waals surface area contributed by atoms with E-state index in [0.29, 0.717) is 19.0 Å². The van der Waals surface area contributed by atoms with Gasteiger partial charge in [0.05, 0.1) is 37.4 Å². The van der Waals surface area contributed by atoms with Gasteiger partial charge in [0.25, 0.3) is 0 Å². The average Bonchev–Trinajstić information content (AvgIpc) is 3.86. The number of H-pyrrole nitrogens is 2. The highest BCUT2D eigenvalue weighted by atomic mass is 16.5. The zero-order valence-corrected chi connectivity index (χ0v) is 29.8. The monoisotopic (exact) mass is 683 g/mol. The first kappa shape index (κ1) is 35.1. The number of likely N-dealkylation sites (tertiary alicyclic amines) is 1. The summed E-state index contributed by atoms with van der Waals surface area (Å²) in [6.45, 7) is 7.41. The van der Waals surface area contributed by atoms with E-state index in [0.717, 1.165) is 72.7 Å². The summed E-state index contributed by atoms with van der Waals surface area (Å²) in [6.07, 6.45) is 15.4. The van der Waals surface area contributed by atoms with Gasteiger partial charge in [0, 0.05) is 25.1 Å². The number of hydrogen-bond donors (Lipinski definition) is 3. The molecule has 2 bridgehead atoms. The minimum atomic E-state index is -0.614. The molecule has 3 aromatic rings. The van der Waals surface area contributed by atoms with Gasteiger partial charge in [-0.3, -0.25) is 9.59 Å². The predicted octanol–water partition coefficient (Wildman–Crippen LogP) is 5.46. The second kappa shape index (κ2) is 14.6. The SMILES string of the molecule is CCCN(Cc1ncc(-c2ccc(C3(C)C=CC(c4cnc([C@]5(C)[C@H]6CCCC(C6)N5C(=O)CNC(=O)OC)[nH]4)=CC3)cc2)[nH]1)C(=O)COC. The van der Waals surface area contributed by atoms with Crippen molar-refractivity contribution < 1.29 is 23.9 Å². The lowest BCUT2D eigenvalue weighted by Crippen LogP contribution is -2.52. The molecule has 0 spiro atoms. The number of aromatic amines is 2. The van der Waals surface area contributed by atoms with Crippen molar-refractivity contribution in [1.29, 1.82) is 0 Å². The first-order valence-corrected chi connectivity index (χ1v) is 17.6. The summed E-state index contributed by atoms with van der Waals surface area (Å²) in [5.74, 6) is 1.64. The van der Waals surface area contributed by atoms with Crippen LogP contribution in [-0.4, -0.2) is 87.6 Å². The zero-order valence-electron chi connectivity index (χ0n) is 29.8. The van der Waals surface area contributed by atoms with Crippen LogP contribution in [0.1, 0.15) is 82.2 Å². The van der Waals surface area contributed by atoms with Gasteiger partial charge in [0.1, 0.15) is 30.3 Å². The summed E-state index contributed by atoms with van der Waals surface area (Å²) in [6, 6.07) is 8.68. The van der Waals surface area contributed by atoms with Crippen LogP contribution < -0.4 is 5.32 Å². The normalized spacial score (nSPS) is 24.2. The van der Waals surface area contributed by atoms with Gasteiger partial charge < -0.3 is 34.6 Å². The maximum atomic E-state index is 13.5. The Labute approximate surface area is 293 Å². The van der Waals surface area contributed by atoms with Crippen LogP contribution in [0.2, 0.25) is 0 Å². The van der Waals surface area contributed by atoms with E-state index in [4.69, 9.17) is 9.72 Å². The number of nitrogens with one attached hydrogen (secondary N) is 3. The lowest BCUT2D eigenvalue weighted by atomic mass is 9.75. The van der Waals surface area contributed by atoms with Crippen molar-refractivity contribution in [2.45, 2.75) is 82.8 Å². The smallest absolute Gasteiger partial charge is 0.407 e. The first-order chi connectivity index (χ1) is 24.1. The molecular weight excluding hydrogens is 634 g/mol. The Hall–Kier alpha value is -4.71. The third-order valence-electron chi connectivity index (χ3n) is 10.8. The summed E-state index contributed by atoms with van der Waals surface area (Å²) in [4.78, 5) is 57.7. The average molecular weight is 684 g/mol. The summed E-state index contributed by atoms with van der Waals surface area (Å²) in [5, 5.41) is 2.56. The fourth-order valence-electron chi connectivity index (χ4n) is 8.01. The maximum Gasteiger partial charge on any atom is 0.407 e. The number of hydrogen-bond acceptors (Lipinski definition) is 7. The number of amides is 3. The van der Waals surface area contributed by atoms with Gasteiger partial charge in [0.15, 0.2) is 0 Å². The van der Waals surface area contributed by atoms with Crippen LogP contribution in [0.15, 0.2) is 54.9 Å². The number of ether oxygens (including phenoxy) is 2. The van der Waals surface area contributed by atoms with Gasteiger partial charge in [-0.05, 0) is 61.6 Å². The van der Waals surface area contributed by atoms with Gasteiger partial charge in [0.2, 0.25) is 11.8 Å². The number of methoxy groups -OCH3 is 2. The molecule has 1 aromatic carbocycles. The minimum absolute atomic E-state index is 0.0501. The maximum absolute atomic E-state index is 13.5. The van der Waals surface area contributed by atoms with Crippen molar-refractivity contribution >= 4 is 23.5 Å². The molecule has 0 radical (unpaired) electrons. The summed E-state index contributed by atoms with van der Waals surface area (Å²) in [7, 11) is 2.82. The van der Waals surface area contributed by atoms with Crippen LogP contribution in [0.25, 0.3) is 16.8 Å². The van der Waals surface area contributed by atoms with E-state index in [2.05, 4.69) is 81.3 Å². The van der Waals surface area contributed by atoms with Crippen LogP contribution in [0.5, 0.6) is 0 Å². The minimum Gasteiger partial charge on any atom is -0.453 e. The second-order valence-electron chi connectivity index (χ2n) is 14.1. The van der Waals surface area contributed by atoms with E-state index in [1.165, 1.54) is 19.8 Å². The van der Waals surface area contributed by atoms with Crippen LogP contribution >= 0.6 is 0 Å². The Balaban J connectivity index is 1.13. The number of nitrogens with zero attached hydrogens (tertiary/aromatic N) is 4. The fraction of sp³-hybridized carbons (Fsp3) is 0.500. The van der Waals surface area contributed by atoms with Crippen molar-refractivity contribution in [3.05, 3.63) is 77.8 Å². The third-order valence-corrected chi connectivity index (χ3v) is 10.8. The molecule has 3 N–H and O–H groups in total. The predicted molar refractivity (Wildman–Crippen MR) is 190 cm³/mol. The van der Waals surface area contributed by atoms with Gasteiger partial charge in [-0.25, -0.2) is 14.8 Å². The third kappa shape index (κ3) is 6.85. The Kier molecular flexibility index (Phi) is 10.3. The van der Waals surface area contributed by atoms with Crippen molar-refractivity contribution in [3.8, 4) is 11.3 Å². The number of carbonyl (C=O) groups is 3.